The molecule has 1 aromatic heterocycles. The highest BCUT2D eigenvalue weighted by atomic mass is 35.5. The van der Waals surface area contributed by atoms with Crippen molar-refractivity contribution in [1.29, 1.82) is 0 Å². The number of halogens is 1. The third-order valence-corrected chi connectivity index (χ3v) is 3.94. The molecule has 0 spiro atoms. The number of piperazine rings is 1. The number of fused-ring (bicyclic) bond motifs is 1. The van der Waals surface area contributed by atoms with Gasteiger partial charge < -0.3 is 9.73 Å². The molecule has 1 saturated heterocycles. The molecule has 3 nitrogen and oxygen atoms in total. The van der Waals surface area contributed by atoms with Gasteiger partial charge in [0.1, 0.15) is 11.3 Å². The van der Waals surface area contributed by atoms with Crippen LogP contribution in [0, 0.1) is 0 Å². The number of furan rings is 1. The molecule has 0 bridgehead atoms. The summed E-state index contributed by atoms with van der Waals surface area (Å²) in [6.07, 6.45) is 0.964. The highest BCUT2D eigenvalue weighted by Crippen LogP contribution is 2.27. The van der Waals surface area contributed by atoms with Gasteiger partial charge >= 0.3 is 0 Å². The predicted molar refractivity (Wildman–Crippen MR) is 85.6 cm³/mol. The van der Waals surface area contributed by atoms with Crippen LogP contribution in [0.4, 0.5) is 0 Å². The summed E-state index contributed by atoms with van der Waals surface area (Å²) in [5.74, 6) is 1.15. The van der Waals surface area contributed by atoms with Crippen molar-refractivity contribution in [2.45, 2.75) is 32.9 Å². The summed E-state index contributed by atoms with van der Waals surface area (Å²) >= 11 is 0. The molecular formula is C16H23ClN2O. The van der Waals surface area contributed by atoms with Crippen molar-refractivity contribution in [3.63, 3.8) is 0 Å². The Hall–Kier alpha value is -1.03. The lowest BCUT2D eigenvalue weighted by molar-refractivity contribution is 0.199. The lowest BCUT2D eigenvalue weighted by atomic mass is 10.1. The minimum atomic E-state index is 0. The Morgan fingerprint density at radius 3 is 2.90 bits per heavy atom. The minimum absolute atomic E-state index is 0. The van der Waals surface area contributed by atoms with Crippen LogP contribution in [0.3, 0.4) is 0 Å². The van der Waals surface area contributed by atoms with Gasteiger partial charge in [0.2, 0.25) is 0 Å². The summed E-state index contributed by atoms with van der Waals surface area (Å²) < 4.78 is 5.97. The van der Waals surface area contributed by atoms with Crippen molar-refractivity contribution >= 4 is 23.4 Å². The Bertz CT molecular complexity index is 567. The van der Waals surface area contributed by atoms with E-state index in [4.69, 9.17) is 4.42 Å². The number of para-hydroxylation sites is 1. The normalized spacial score (nSPS) is 20.0. The summed E-state index contributed by atoms with van der Waals surface area (Å²) in [5, 5.41) is 4.78. The molecule has 0 aliphatic carbocycles. The lowest BCUT2D eigenvalue weighted by Crippen LogP contribution is -2.48. The van der Waals surface area contributed by atoms with E-state index in [0.29, 0.717) is 6.04 Å². The second-order valence-electron chi connectivity index (χ2n) is 5.44. The van der Waals surface area contributed by atoms with Gasteiger partial charge in [-0.15, -0.1) is 12.4 Å². The number of hydrogen-bond donors (Lipinski definition) is 1. The van der Waals surface area contributed by atoms with E-state index in [1.165, 1.54) is 10.9 Å². The van der Waals surface area contributed by atoms with Crippen molar-refractivity contribution in [3.05, 3.63) is 35.6 Å². The van der Waals surface area contributed by atoms with Crippen LogP contribution in [0.2, 0.25) is 0 Å². The smallest absolute Gasteiger partial charge is 0.134 e. The first-order valence-electron chi connectivity index (χ1n) is 7.23. The van der Waals surface area contributed by atoms with Crippen LogP contribution < -0.4 is 5.32 Å². The van der Waals surface area contributed by atoms with E-state index in [1.807, 2.05) is 6.07 Å². The number of benzene rings is 1. The average molecular weight is 295 g/mol. The summed E-state index contributed by atoms with van der Waals surface area (Å²) in [6.45, 7) is 8.74. The number of hydrogen-bond acceptors (Lipinski definition) is 3. The highest BCUT2D eigenvalue weighted by molar-refractivity contribution is 5.85. The topological polar surface area (TPSA) is 28.4 Å². The van der Waals surface area contributed by atoms with Gasteiger partial charge in [-0.1, -0.05) is 25.1 Å². The zero-order chi connectivity index (χ0) is 13.2. The van der Waals surface area contributed by atoms with Crippen molar-refractivity contribution in [3.8, 4) is 0 Å². The minimum Gasteiger partial charge on any atom is -0.461 e. The Kier molecular flexibility index (Phi) is 5.08. The molecule has 110 valence electrons. The van der Waals surface area contributed by atoms with Crippen molar-refractivity contribution in [2.75, 3.05) is 19.6 Å². The molecule has 1 N–H and O–H groups in total. The first-order valence-corrected chi connectivity index (χ1v) is 7.23. The fraction of sp³-hybridized carbons (Fsp3) is 0.500. The van der Waals surface area contributed by atoms with Gasteiger partial charge in [0.05, 0.1) is 0 Å². The fourth-order valence-corrected chi connectivity index (χ4v) is 2.99. The monoisotopic (exact) mass is 294 g/mol. The maximum absolute atomic E-state index is 5.97. The zero-order valence-corrected chi connectivity index (χ0v) is 13.0. The number of nitrogens with one attached hydrogen (secondary N) is 1. The molecule has 2 heterocycles. The van der Waals surface area contributed by atoms with Gasteiger partial charge in [0.25, 0.3) is 0 Å². The van der Waals surface area contributed by atoms with E-state index in [9.17, 15) is 0 Å². The molecule has 1 fully saturated rings. The Labute approximate surface area is 126 Å². The molecule has 4 heteroatoms. The van der Waals surface area contributed by atoms with Crippen LogP contribution >= 0.6 is 12.4 Å². The van der Waals surface area contributed by atoms with E-state index in [0.717, 1.165) is 43.9 Å². The number of aryl methyl sites for hydroxylation is 1. The molecule has 1 aliphatic heterocycles. The van der Waals surface area contributed by atoms with Crippen LogP contribution in [0.15, 0.2) is 28.7 Å². The van der Waals surface area contributed by atoms with E-state index in [2.05, 4.69) is 42.3 Å². The van der Waals surface area contributed by atoms with Crippen LogP contribution in [0.5, 0.6) is 0 Å². The third-order valence-electron chi connectivity index (χ3n) is 3.94. The molecular weight excluding hydrogens is 272 g/mol. The number of nitrogens with zero attached hydrogens (tertiary/aromatic N) is 1. The molecule has 1 aliphatic rings. The highest BCUT2D eigenvalue weighted by Gasteiger charge is 2.19. The lowest BCUT2D eigenvalue weighted by Gasteiger charge is -2.31. The van der Waals surface area contributed by atoms with Crippen molar-refractivity contribution in [1.82, 2.24) is 10.2 Å². The second-order valence-corrected chi connectivity index (χ2v) is 5.44. The van der Waals surface area contributed by atoms with E-state index >= 15 is 0 Å². The van der Waals surface area contributed by atoms with Crippen molar-refractivity contribution < 1.29 is 4.42 Å². The van der Waals surface area contributed by atoms with Gasteiger partial charge in [-0.3, -0.25) is 4.90 Å². The maximum atomic E-state index is 5.97. The van der Waals surface area contributed by atoms with E-state index in [-0.39, 0.29) is 12.4 Å². The molecule has 1 atom stereocenters. The molecule has 0 saturated carbocycles. The number of rotatable bonds is 3. The molecule has 2 aromatic rings. The zero-order valence-electron chi connectivity index (χ0n) is 12.2. The van der Waals surface area contributed by atoms with Gasteiger partial charge in [-0.25, -0.2) is 0 Å². The quantitative estimate of drug-likeness (QED) is 0.942. The summed E-state index contributed by atoms with van der Waals surface area (Å²) in [6, 6.07) is 8.97. The average Bonchev–Trinajstić information content (AvgIpc) is 2.77. The summed E-state index contributed by atoms with van der Waals surface area (Å²) in [4.78, 5) is 2.53. The van der Waals surface area contributed by atoms with Crippen molar-refractivity contribution in [2.24, 2.45) is 0 Å². The Morgan fingerprint density at radius 1 is 1.35 bits per heavy atom. The van der Waals surface area contributed by atoms with Gasteiger partial charge in [0, 0.05) is 49.6 Å². The first kappa shape index (κ1) is 15.4. The van der Waals surface area contributed by atoms with Gasteiger partial charge in [-0.05, 0) is 13.0 Å². The second kappa shape index (κ2) is 6.61. The Balaban J connectivity index is 0.00000147. The Morgan fingerprint density at radius 2 is 2.15 bits per heavy atom. The SMILES string of the molecule is CCc1oc2ccccc2c1CN1CCN[C@H](C)C1.Cl. The summed E-state index contributed by atoms with van der Waals surface area (Å²) in [5.41, 5.74) is 2.41. The largest absolute Gasteiger partial charge is 0.461 e. The van der Waals surface area contributed by atoms with Crippen LogP contribution in [-0.2, 0) is 13.0 Å². The molecule has 1 aromatic carbocycles. The predicted octanol–water partition coefficient (Wildman–Crippen LogP) is 3.21. The standard InChI is InChI=1S/C16H22N2O.ClH/c1-3-15-14(11-18-9-8-17-12(2)10-18)13-6-4-5-7-16(13)19-15;/h4-7,12,17H,3,8-11H2,1-2H3;1H/t12-;/m1./s1. The molecule has 0 radical (unpaired) electrons. The van der Waals surface area contributed by atoms with Gasteiger partial charge in [-0.2, -0.15) is 0 Å². The van der Waals surface area contributed by atoms with Crippen LogP contribution in [-0.4, -0.2) is 30.6 Å². The van der Waals surface area contributed by atoms with E-state index in [1.54, 1.807) is 0 Å². The van der Waals surface area contributed by atoms with Gasteiger partial charge in [0.15, 0.2) is 0 Å². The molecule has 0 unspecified atom stereocenters. The summed E-state index contributed by atoms with van der Waals surface area (Å²) in [7, 11) is 0. The molecule has 0 amide bonds. The van der Waals surface area contributed by atoms with Crippen LogP contribution in [0.1, 0.15) is 25.2 Å². The van der Waals surface area contributed by atoms with E-state index < -0.39 is 0 Å². The van der Waals surface area contributed by atoms with Crippen LogP contribution in [0.25, 0.3) is 11.0 Å². The fourth-order valence-electron chi connectivity index (χ4n) is 2.99. The maximum Gasteiger partial charge on any atom is 0.134 e. The third kappa shape index (κ3) is 3.00. The molecule has 20 heavy (non-hydrogen) atoms. The first-order chi connectivity index (χ1) is 9.28. The molecule has 3 rings (SSSR count).